The van der Waals surface area contributed by atoms with Crippen molar-refractivity contribution in [1.82, 2.24) is 14.9 Å². The molecule has 23 heavy (non-hydrogen) atoms. The normalized spacial score (nSPS) is 10.4. The molecule has 5 nitrogen and oxygen atoms in total. The van der Waals surface area contributed by atoms with Crippen LogP contribution in [0.25, 0.3) is 0 Å². The summed E-state index contributed by atoms with van der Waals surface area (Å²) in [5, 5.41) is 3.94. The second-order valence-electron chi connectivity index (χ2n) is 5.07. The van der Waals surface area contributed by atoms with Crippen LogP contribution in [0.1, 0.15) is 29.9 Å². The number of nitrogens with zero attached hydrogens (tertiary/aromatic N) is 3. The van der Waals surface area contributed by atoms with Crippen LogP contribution in [0.5, 0.6) is 0 Å². The third-order valence-corrected chi connectivity index (χ3v) is 3.81. The van der Waals surface area contributed by atoms with Crippen LogP contribution >= 0.6 is 11.6 Å². The summed E-state index contributed by atoms with van der Waals surface area (Å²) < 4.78 is 0. The molecule has 0 bridgehead atoms. The Hall–Kier alpha value is -2.14. The molecule has 6 heteroatoms. The van der Waals surface area contributed by atoms with E-state index in [0.717, 1.165) is 18.0 Å². The molecule has 1 N–H and O–H groups in total. The van der Waals surface area contributed by atoms with Crippen LogP contribution in [0.3, 0.4) is 0 Å². The lowest BCUT2D eigenvalue weighted by atomic mass is 10.1. The van der Waals surface area contributed by atoms with Gasteiger partial charge in [-0.05, 0) is 38.0 Å². The molecule has 1 heterocycles. The minimum absolute atomic E-state index is 0.0878. The quantitative estimate of drug-likeness (QED) is 0.845. The van der Waals surface area contributed by atoms with Crippen LogP contribution in [0, 0.1) is 0 Å². The van der Waals surface area contributed by atoms with Crippen molar-refractivity contribution in [3.05, 3.63) is 52.9 Å². The summed E-state index contributed by atoms with van der Waals surface area (Å²) in [6.45, 7) is 5.96. The molecule has 0 saturated heterocycles. The minimum Gasteiger partial charge on any atom is -0.368 e. The van der Waals surface area contributed by atoms with E-state index in [4.69, 9.17) is 11.6 Å². The maximum absolute atomic E-state index is 12.1. The first-order chi connectivity index (χ1) is 11.1. The molecule has 1 aromatic carbocycles. The zero-order valence-electron chi connectivity index (χ0n) is 13.4. The van der Waals surface area contributed by atoms with Crippen molar-refractivity contribution in [3.8, 4) is 0 Å². The van der Waals surface area contributed by atoms with Gasteiger partial charge in [-0.3, -0.25) is 4.79 Å². The Morgan fingerprint density at radius 1 is 1.13 bits per heavy atom. The Morgan fingerprint density at radius 3 is 2.39 bits per heavy atom. The number of carbonyl (C=O) groups excluding carboxylic acids is 1. The number of nitrogens with one attached hydrogen (secondary N) is 1. The van der Waals surface area contributed by atoms with Crippen molar-refractivity contribution < 1.29 is 4.79 Å². The van der Waals surface area contributed by atoms with Crippen LogP contribution in [0.2, 0.25) is 5.02 Å². The van der Waals surface area contributed by atoms with Gasteiger partial charge < -0.3 is 10.2 Å². The first-order valence-corrected chi connectivity index (χ1v) is 8.11. The van der Waals surface area contributed by atoms with E-state index >= 15 is 0 Å². The molecule has 122 valence electrons. The predicted octanol–water partition coefficient (Wildman–Crippen LogP) is 3.27. The summed E-state index contributed by atoms with van der Waals surface area (Å²) in [4.78, 5) is 22.3. The van der Waals surface area contributed by atoms with Crippen molar-refractivity contribution in [1.29, 1.82) is 0 Å². The molecule has 1 amide bonds. The summed E-state index contributed by atoms with van der Waals surface area (Å²) in [5.41, 5.74) is 1.57. The highest BCUT2D eigenvalue weighted by Crippen LogP contribution is 2.10. The van der Waals surface area contributed by atoms with Gasteiger partial charge in [0.15, 0.2) is 0 Å². The molecule has 0 radical (unpaired) electrons. The molecule has 0 spiro atoms. The van der Waals surface area contributed by atoms with Gasteiger partial charge in [-0.1, -0.05) is 23.7 Å². The van der Waals surface area contributed by atoms with Gasteiger partial charge in [0, 0.05) is 24.7 Å². The highest BCUT2D eigenvalue weighted by molar-refractivity contribution is 6.30. The molecule has 0 unspecified atom stereocenters. The molecule has 1 aromatic heterocycles. The van der Waals surface area contributed by atoms with Crippen molar-refractivity contribution in [2.75, 3.05) is 25.0 Å². The van der Waals surface area contributed by atoms with Crippen LogP contribution in [-0.4, -0.2) is 40.4 Å². The second-order valence-corrected chi connectivity index (χ2v) is 5.50. The van der Waals surface area contributed by atoms with Crippen molar-refractivity contribution in [2.24, 2.45) is 0 Å². The Morgan fingerprint density at radius 2 is 1.83 bits per heavy atom. The van der Waals surface area contributed by atoms with Gasteiger partial charge in [0.2, 0.25) is 0 Å². The fourth-order valence-electron chi connectivity index (χ4n) is 2.19. The van der Waals surface area contributed by atoms with Crippen LogP contribution in [0.15, 0.2) is 36.7 Å². The van der Waals surface area contributed by atoms with E-state index in [9.17, 15) is 4.79 Å². The number of benzene rings is 1. The van der Waals surface area contributed by atoms with E-state index in [2.05, 4.69) is 15.3 Å². The molecule has 0 saturated carbocycles. The number of anilines is 1. The minimum atomic E-state index is -0.0878. The third-order valence-electron chi connectivity index (χ3n) is 3.55. The summed E-state index contributed by atoms with van der Waals surface area (Å²) in [7, 11) is 0. The molecule has 0 aliphatic carbocycles. The fourth-order valence-corrected chi connectivity index (χ4v) is 2.31. The standard InChI is InChI=1S/C17H21ClN4O/c1-3-22(4-2)17(23)15-11-21-16(12-20-15)19-10-9-13-5-7-14(18)8-6-13/h5-8,11-12H,3-4,9-10H2,1-2H3,(H,19,21). The highest BCUT2D eigenvalue weighted by Gasteiger charge is 2.13. The van der Waals surface area contributed by atoms with Crippen molar-refractivity contribution >= 4 is 23.3 Å². The lowest BCUT2D eigenvalue weighted by molar-refractivity contribution is 0.0766. The van der Waals surface area contributed by atoms with E-state index in [0.29, 0.717) is 24.6 Å². The van der Waals surface area contributed by atoms with E-state index in [1.54, 1.807) is 11.1 Å². The number of aromatic nitrogens is 2. The Kier molecular flexibility index (Phi) is 6.35. The monoisotopic (exact) mass is 332 g/mol. The molecule has 2 aromatic rings. The Bertz CT molecular complexity index is 624. The van der Waals surface area contributed by atoms with E-state index in [1.165, 1.54) is 11.8 Å². The molecular weight excluding hydrogens is 312 g/mol. The van der Waals surface area contributed by atoms with Crippen LogP contribution in [0.4, 0.5) is 5.82 Å². The average Bonchev–Trinajstić information content (AvgIpc) is 2.58. The molecule has 0 fully saturated rings. The van der Waals surface area contributed by atoms with Gasteiger partial charge in [0.25, 0.3) is 5.91 Å². The lowest BCUT2D eigenvalue weighted by Crippen LogP contribution is -2.31. The Labute approximate surface area is 141 Å². The van der Waals surface area contributed by atoms with Crippen LogP contribution in [-0.2, 0) is 6.42 Å². The predicted molar refractivity (Wildman–Crippen MR) is 92.9 cm³/mol. The smallest absolute Gasteiger partial charge is 0.274 e. The molecule has 0 aliphatic heterocycles. The fraction of sp³-hybridized carbons (Fsp3) is 0.353. The maximum Gasteiger partial charge on any atom is 0.274 e. The molecule has 0 aliphatic rings. The van der Waals surface area contributed by atoms with E-state index < -0.39 is 0 Å². The number of hydrogen-bond acceptors (Lipinski definition) is 4. The van der Waals surface area contributed by atoms with Gasteiger partial charge in [-0.2, -0.15) is 0 Å². The highest BCUT2D eigenvalue weighted by atomic mass is 35.5. The molecule has 0 atom stereocenters. The van der Waals surface area contributed by atoms with E-state index in [1.807, 2.05) is 38.1 Å². The van der Waals surface area contributed by atoms with Gasteiger partial charge in [-0.25, -0.2) is 9.97 Å². The summed E-state index contributed by atoms with van der Waals surface area (Å²) >= 11 is 5.86. The van der Waals surface area contributed by atoms with Crippen molar-refractivity contribution in [2.45, 2.75) is 20.3 Å². The molecular formula is C17H21ClN4O. The zero-order valence-corrected chi connectivity index (χ0v) is 14.2. The SMILES string of the molecule is CCN(CC)C(=O)c1cnc(NCCc2ccc(Cl)cc2)cn1. The van der Waals surface area contributed by atoms with Gasteiger partial charge in [0.1, 0.15) is 11.5 Å². The molecule has 2 rings (SSSR count). The Balaban J connectivity index is 1.87. The van der Waals surface area contributed by atoms with Gasteiger partial charge >= 0.3 is 0 Å². The third kappa shape index (κ3) is 4.93. The largest absolute Gasteiger partial charge is 0.368 e. The second kappa shape index (κ2) is 8.48. The topological polar surface area (TPSA) is 58.1 Å². The van der Waals surface area contributed by atoms with Crippen LogP contribution < -0.4 is 5.32 Å². The number of hydrogen-bond donors (Lipinski definition) is 1. The lowest BCUT2D eigenvalue weighted by Gasteiger charge is -2.17. The summed E-state index contributed by atoms with van der Waals surface area (Å²) in [6, 6.07) is 7.76. The number of halogens is 1. The number of carbonyl (C=O) groups is 1. The maximum atomic E-state index is 12.1. The van der Waals surface area contributed by atoms with Crippen molar-refractivity contribution in [3.63, 3.8) is 0 Å². The van der Waals surface area contributed by atoms with Gasteiger partial charge in [0.05, 0.1) is 12.4 Å². The number of rotatable bonds is 7. The van der Waals surface area contributed by atoms with E-state index in [-0.39, 0.29) is 5.91 Å². The summed E-state index contributed by atoms with van der Waals surface area (Å²) in [6.07, 6.45) is 3.98. The first kappa shape index (κ1) is 17.2. The first-order valence-electron chi connectivity index (χ1n) is 7.73. The zero-order chi connectivity index (χ0) is 16.7. The van der Waals surface area contributed by atoms with Gasteiger partial charge in [-0.15, -0.1) is 0 Å². The summed E-state index contributed by atoms with van der Waals surface area (Å²) in [5.74, 6) is 0.574. The average molecular weight is 333 g/mol. The number of amides is 1.